The molecule has 1 heterocycles. The van der Waals surface area contributed by atoms with Gasteiger partial charge in [0.05, 0.1) is 5.92 Å². The summed E-state index contributed by atoms with van der Waals surface area (Å²) in [6.45, 7) is 5.85. The van der Waals surface area contributed by atoms with Crippen molar-refractivity contribution in [2.75, 3.05) is 0 Å². The van der Waals surface area contributed by atoms with Crippen LogP contribution in [-0.2, 0) is 11.2 Å². The van der Waals surface area contributed by atoms with Gasteiger partial charge in [0, 0.05) is 18.3 Å². The number of H-pyrrole nitrogens is 1. The maximum Gasteiger partial charge on any atom is 0.312 e. The van der Waals surface area contributed by atoms with Crippen molar-refractivity contribution in [3.05, 3.63) is 17.7 Å². The van der Waals surface area contributed by atoms with Gasteiger partial charge in [0.2, 0.25) is 0 Å². The molecule has 4 nitrogen and oxygen atoms in total. The summed E-state index contributed by atoms with van der Waals surface area (Å²) in [5.41, 5.74) is 0.674. The van der Waals surface area contributed by atoms with Gasteiger partial charge in [-0.05, 0) is 12.8 Å². The van der Waals surface area contributed by atoms with Crippen LogP contribution in [0.1, 0.15) is 38.2 Å². The molecule has 0 saturated carbocycles. The van der Waals surface area contributed by atoms with Crippen molar-refractivity contribution in [2.24, 2.45) is 5.92 Å². The lowest BCUT2D eigenvalue weighted by Crippen LogP contribution is -2.07. The van der Waals surface area contributed by atoms with E-state index in [1.54, 1.807) is 13.1 Å². The fourth-order valence-corrected chi connectivity index (χ4v) is 1.22. The van der Waals surface area contributed by atoms with Crippen molar-refractivity contribution in [3.63, 3.8) is 0 Å². The monoisotopic (exact) mass is 196 g/mol. The minimum Gasteiger partial charge on any atom is -0.481 e. The largest absolute Gasteiger partial charge is 0.481 e. The number of carboxylic acids is 1. The maximum atomic E-state index is 10.7. The minimum atomic E-state index is -0.829. The average molecular weight is 196 g/mol. The maximum absolute atomic E-state index is 10.7. The van der Waals surface area contributed by atoms with E-state index < -0.39 is 11.9 Å². The topological polar surface area (TPSA) is 66.0 Å². The Morgan fingerprint density at radius 1 is 1.57 bits per heavy atom. The zero-order valence-corrected chi connectivity index (χ0v) is 8.74. The summed E-state index contributed by atoms with van der Waals surface area (Å²) in [7, 11) is 0. The van der Waals surface area contributed by atoms with E-state index in [2.05, 4.69) is 23.8 Å². The highest BCUT2D eigenvalue weighted by Gasteiger charge is 2.16. The molecule has 1 atom stereocenters. The number of carboxylic acid groups (broad SMARTS) is 1. The second kappa shape index (κ2) is 4.26. The zero-order valence-electron chi connectivity index (χ0n) is 8.74. The number of aromatic nitrogens is 2. The van der Waals surface area contributed by atoms with Crippen LogP contribution in [0.2, 0.25) is 0 Å². The summed E-state index contributed by atoms with van der Waals surface area (Å²) in [6, 6.07) is 0. The number of hydrogen-bond acceptors (Lipinski definition) is 2. The van der Waals surface area contributed by atoms with Gasteiger partial charge in [-0.2, -0.15) is 0 Å². The number of hydrogen-bond donors (Lipinski definition) is 2. The van der Waals surface area contributed by atoms with Crippen molar-refractivity contribution < 1.29 is 9.90 Å². The lowest BCUT2D eigenvalue weighted by atomic mass is 10.1. The van der Waals surface area contributed by atoms with E-state index in [0.29, 0.717) is 11.6 Å². The van der Waals surface area contributed by atoms with Gasteiger partial charge in [-0.15, -0.1) is 0 Å². The molecule has 78 valence electrons. The molecule has 2 N–H and O–H groups in total. The van der Waals surface area contributed by atoms with Crippen LogP contribution in [0.3, 0.4) is 0 Å². The Morgan fingerprint density at radius 2 is 2.21 bits per heavy atom. The number of nitrogens with one attached hydrogen (secondary N) is 1. The summed E-state index contributed by atoms with van der Waals surface area (Å²) < 4.78 is 0. The Kier molecular flexibility index (Phi) is 3.28. The highest BCUT2D eigenvalue weighted by molar-refractivity contribution is 5.74. The number of aliphatic carboxylic acids is 1. The third kappa shape index (κ3) is 2.58. The number of carbonyl (C=O) groups is 1. The molecular weight excluding hydrogens is 180 g/mol. The molecule has 1 rings (SSSR count). The first-order valence-corrected chi connectivity index (χ1v) is 4.77. The van der Waals surface area contributed by atoms with E-state index >= 15 is 0 Å². The summed E-state index contributed by atoms with van der Waals surface area (Å²) >= 11 is 0. The van der Waals surface area contributed by atoms with Gasteiger partial charge < -0.3 is 10.1 Å². The fourth-order valence-electron chi connectivity index (χ4n) is 1.22. The van der Waals surface area contributed by atoms with Gasteiger partial charge in [0.25, 0.3) is 0 Å². The van der Waals surface area contributed by atoms with E-state index in [4.69, 9.17) is 5.11 Å². The molecule has 0 aliphatic heterocycles. The van der Waals surface area contributed by atoms with E-state index in [1.807, 2.05) is 0 Å². The molecule has 0 saturated heterocycles. The number of rotatable bonds is 4. The van der Waals surface area contributed by atoms with Crippen molar-refractivity contribution in [3.8, 4) is 0 Å². The molecule has 0 aromatic carbocycles. The normalized spacial score (nSPS) is 13.1. The van der Waals surface area contributed by atoms with Gasteiger partial charge in [0.15, 0.2) is 0 Å². The summed E-state index contributed by atoms with van der Waals surface area (Å²) in [5, 5.41) is 8.78. The van der Waals surface area contributed by atoms with Gasteiger partial charge in [-0.25, -0.2) is 4.98 Å². The first-order valence-electron chi connectivity index (χ1n) is 4.77. The Hall–Kier alpha value is -1.32. The number of imidazole rings is 1. The highest BCUT2D eigenvalue weighted by Crippen LogP contribution is 2.13. The summed E-state index contributed by atoms with van der Waals surface area (Å²) in [4.78, 5) is 17.9. The van der Waals surface area contributed by atoms with Gasteiger partial charge in [-0.1, -0.05) is 13.8 Å². The lowest BCUT2D eigenvalue weighted by Gasteiger charge is -2.02. The summed E-state index contributed by atoms with van der Waals surface area (Å²) in [6.07, 6.45) is 2.46. The number of aromatic amines is 1. The van der Waals surface area contributed by atoms with Crippen LogP contribution in [0.15, 0.2) is 6.20 Å². The molecule has 4 heteroatoms. The molecule has 0 aliphatic rings. The van der Waals surface area contributed by atoms with Crippen LogP contribution in [0.5, 0.6) is 0 Å². The molecule has 0 radical (unpaired) electrons. The molecule has 0 bridgehead atoms. The highest BCUT2D eigenvalue weighted by atomic mass is 16.4. The molecule has 1 unspecified atom stereocenters. The van der Waals surface area contributed by atoms with Gasteiger partial charge in [0.1, 0.15) is 5.82 Å². The van der Waals surface area contributed by atoms with Crippen LogP contribution >= 0.6 is 0 Å². The quantitative estimate of drug-likeness (QED) is 0.771. The lowest BCUT2D eigenvalue weighted by molar-refractivity contribution is -0.138. The molecule has 1 aromatic rings. The predicted octanol–water partition coefficient (Wildman–Crippen LogP) is 1.80. The molecular formula is C10H16N2O2. The minimum absolute atomic E-state index is 0.511. The van der Waals surface area contributed by atoms with E-state index in [1.165, 1.54) is 0 Å². The molecule has 1 aromatic heterocycles. The molecule has 0 amide bonds. The van der Waals surface area contributed by atoms with Crippen LogP contribution in [0, 0.1) is 5.92 Å². The average Bonchev–Trinajstić information content (AvgIpc) is 2.50. The van der Waals surface area contributed by atoms with E-state index in [9.17, 15) is 4.79 Å². The van der Waals surface area contributed by atoms with Gasteiger partial charge in [-0.3, -0.25) is 4.79 Å². The molecule has 0 spiro atoms. The molecule has 14 heavy (non-hydrogen) atoms. The van der Waals surface area contributed by atoms with E-state index in [0.717, 1.165) is 12.2 Å². The third-order valence-electron chi connectivity index (χ3n) is 2.09. The Morgan fingerprint density at radius 3 is 2.71 bits per heavy atom. The van der Waals surface area contributed by atoms with Crippen molar-refractivity contribution in [1.82, 2.24) is 9.97 Å². The van der Waals surface area contributed by atoms with Crippen molar-refractivity contribution >= 4 is 5.97 Å². The van der Waals surface area contributed by atoms with Crippen LogP contribution in [0.25, 0.3) is 0 Å². The van der Waals surface area contributed by atoms with E-state index in [-0.39, 0.29) is 0 Å². The standard InChI is InChI=1S/C10H16N2O2/c1-6(2)4-9-11-5-8(12-9)7(3)10(13)14/h5-7H,4H2,1-3H3,(H,11,12)(H,13,14). The fraction of sp³-hybridized carbons (Fsp3) is 0.600. The first kappa shape index (κ1) is 10.8. The molecule has 0 aliphatic carbocycles. The Balaban J connectivity index is 2.72. The van der Waals surface area contributed by atoms with Crippen molar-refractivity contribution in [1.29, 1.82) is 0 Å². The smallest absolute Gasteiger partial charge is 0.312 e. The second-order valence-corrected chi connectivity index (χ2v) is 3.94. The van der Waals surface area contributed by atoms with Gasteiger partial charge >= 0.3 is 5.97 Å². The van der Waals surface area contributed by atoms with Crippen molar-refractivity contribution in [2.45, 2.75) is 33.1 Å². The molecule has 0 fully saturated rings. The zero-order chi connectivity index (χ0) is 10.7. The Labute approximate surface area is 83.4 Å². The van der Waals surface area contributed by atoms with Crippen LogP contribution in [-0.4, -0.2) is 21.0 Å². The summed E-state index contributed by atoms with van der Waals surface area (Å²) in [5.74, 6) is 0.0467. The Bertz CT molecular complexity index is 318. The SMILES string of the molecule is CC(C)Cc1ncc(C(C)C(=O)O)[nH]1. The third-order valence-corrected chi connectivity index (χ3v) is 2.09. The number of nitrogens with zero attached hydrogens (tertiary/aromatic N) is 1. The predicted molar refractivity (Wildman–Crippen MR) is 53.2 cm³/mol. The first-order chi connectivity index (χ1) is 6.50. The second-order valence-electron chi connectivity index (χ2n) is 3.94. The van der Waals surface area contributed by atoms with Crippen LogP contribution < -0.4 is 0 Å². The van der Waals surface area contributed by atoms with Crippen LogP contribution in [0.4, 0.5) is 0 Å².